The summed E-state index contributed by atoms with van der Waals surface area (Å²) in [4.78, 5) is 10.1. The second-order valence-electron chi connectivity index (χ2n) is 3.56. The first kappa shape index (κ1) is 12.6. The molecule has 1 aromatic heterocycles. The van der Waals surface area contributed by atoms with Crippen molar-refractivity contribution in [1.29, 1.82) is 10.8 Å². The Morgan fingerprint density at radius 1 is 1.62 bits per heavy atom. The lowest BCUT2D eigenvalue weighted by Gasteiger charge is -2.11. The SMILES string of the molecule is CC(C)C(=N)n1cc(Br)cc([N+](=O)[O-])c1=N. The number of nitro groups is 1. The summed E-state index contributed by atoms with van der Waals surface area (Å²) in [6.07, 6.45) is 1.48. The van der Waals surface area contributed by atoms with Crippen molar-refractivity contribution in [3.05, 3.63) is 32.3 Å². The molecule has 0 unspecified atom stereocenters. The van der Waals surface area contributed by atoms with Crippen molar-refractivity contribution in [3.63, 3.8) is 0 Å². The lowest BCUT2D eigenvalue weighted by Crippen LogP contribution is -2.30. The summed E-state index contributed by atoms with van der Waals surface area (Å²) < 4.78 is 1.67. The van der Waals surface area contributed by atoms with Gasteiger partial charge in [-0.05, 0) is 15.9 Å². The van der Waals surface area contributed by atoms with E-state index < -0.39 is 4.92 Å². The van der Waals surface area contributed by atoms with Crippen molar-refractivity contribution in [2.45, 2.75) is 13.8 Å². The van der Waals surface area contributed by atoms with Crippen molar-refractivity contribution >= 4 is 27.5 Å². The molecular weight excluding hydrogens is 276 g/mol. The molecule has 6 nitrogen and oxygen atoms in total. The zero-order valence-corrected chi connectivity index (χ0v) is 10.4. The van der Waals surface area contributed by atoms with Crippen molar-refractivity contribution in [2.75, 3.05) is 0 Å². The van der Waals surface area contributed by atoms with Gasteiger partial charge in [0.1, 0.15) is 5.84 Å². The summed E-state index contributed by atoms with van der Waals surface area (Å²) in [5, 5.41) is 26.1. The largest absolute Gasteiger partial charge is 0.312 e. The molecule has 0 aromatic carbocycles. The van der Waals surface area contributed by atoms with Gasteiger partial charge in [-0.3, -0.25) is 25.5 Å². The monoisotopic (exact) mass is 286 g/mol. The molecule has 0 amide bonds. The number of aromatic nitrogens is 1. The summed E-state index contributed by atoms with van der Waals surface area (Å²) in [6, 6.07) is 1.26. The molecular formula is C9H11BrN4O2. The first-order chi connectivity index (χ1) is 7.34. The van der Waals surface area contributed by atoms with Crippen molar-refractivity contribution in [1.82, 2.24) is 4.57 Å². The molecule has 0 saturated heterocycles. The summed E-state index contributed by atoms with van der Waals surface area (Å²) in [5.41, 5.74) is -0.605. The molecule has 0 aliphatic carbocycles. The lowest BCUT2D eigenvalue weighted by molar-refractivity contribution is -0.386. The van der Waals surface area contributed by atoms with Gasteiger partial charge in [0.05, 0.1) is 4.92 Å². The van der Waals surface area contributed by atoms with Gasteiger partial charge in [0.2, 0.25) is 5.49 Å². The van der Waals surface area contributed by atoms with Gasteiger partial charge in [0, 0.05) is 22.7 Å². The topological polar surface area (TPSA) is 95.8 Å². The van der Waals surface area contributed by atoms with Crippen LogP contribution >= 0.6 is 15.9 Å². The summed E-state index contributed by atoms with van der Waals surface area (Å²) in [6.45, 7) is 3.59. The third-order valence-electron chi connectivity index (χ3n) is 2.01. The van der Waals surface area contributed by atoms with Gasteiger partial charge in [0.15, 0.2) is 0 Å². The Morgan fingerprint density at radius 2 is 2.19 bits per heavy atom. The molecule has 0 radical (unpaired) electrons. The molecule has 16 heavy (non-hydrogen) atoms. The number of hydrogen-bond donors (Lipinski definition) is 2. The van der Waals surface area contributed by atoms with Crippen LogP contribution in [0.25, 0.3) is 0 Å². The minimum absolute atomic E-state index is 0.108. The highest BCUT2D eigenvalue weighted by molar-refractivity contribution is 9.10. The van der Waals surface area contributed by atoms with Crippen molar-refractivity contribution in [3.8, 4) is 0 Å². The van der Waals surface area contributed by atoms with Crippen LogP contribution < -0.4 is 5.49 Å². The zero-order valence-electron chi connectivity index (χ0n) is 8.82. The second kappa shape index (κ2) is 4.56. The maximum Gasteiger partial charge on any atom is 0.312 e. The average molecular weight is 287 g/mol. The van der Waals surface area contributed by atoms with Crippen LogP contribution in [-0.4, -0.2) is 15.3 Å². The number of nitrogens with one attached hydrogen (secondary N) is 2. The van der Waals surface area contributed by atoms with Crippen LogP contribution in [0.5, 0.6) is 0 Å². The highest BCUT2D eigenvalue weighted by Crippen LogP contribution is 2.14. The van der Waals surface area contributed by atoms with E-state index in [0.29, 0.717) is 4.47 Å². The molecule has 86 valence electrons. The molecule has 7 heteroatoms. The minimum atomic E-state index is -0.628. The fourth-order valence-electron chi connectivity index (χ4n) is 1.15. The fourth-order valence-corrected chi connectivity index (χ4v) is 1.58. The molecule has 0 saturated carbocycles. The smallest absolute Gasteiger partial charge is 0.288 e. The first-order valence-electron chi connectivity index (χ1n) is 4.54. The molecule has 0 aliphatic rings. The quantitative estimate of drug-likeness (QED) is 0.377. The maximum absolute atomic E-state index is 10.7. The minimum Gasteiger partial charge on any atom is -0.288 e. The molecule has 0 spiro atoms. The number of pyridine rings is 1. The van der Waals surface area contributed by atoms with Gasteiger partial charge in [-0.25, -0.2) is 0 Å². The number of halogens is 1. The van der Waals surface area contributed by atoms with E-state index in [1.807, 2.05) is 0 Å². The first-order valence-corrected chi connectivity index (χ1v) is 5.34. The van der Waals surface area contributed by atoms with Crippen LogP contribution in [0.1, 0.15) is 13.8 Å². The van der Waals surface area contributed by atoms with Crippen LogP contribution in [-0.2, 0) is 0 Å². The van der Waals surface area contributed by atoms with E-state index in [2.05, 4.69) is 15.9 Å². The zero-order chi connectivity index (χ0) is 12.5. The Kier molecular flexibility index (Phi) is 3.58. The predicted molar refractivity (Wildman–Crippen MR) is 62.6 cm³/mol. The second-order valence-corrected chi connectivity index (χ2v) is 4.47. The van der Waals surface area contributed by atoms with E-state index >= 15 is 0 Å². The third kappa shape index (κ3) is 2.35. The van der Waals surface area contributed by atoms with E-state index in [9.17, 15) is 10.1 Å². The highest BCUT2D eigenvalue weighted by Gasteiger charge is 2.16. The van der Waals surface area contributed by atoms with Gasteiger partial charge in [-0.15, -0.1) is 0 Å². The molecule has 1 heterocycles. The Balaban J connectivity index is 3.48. The van der Waals surface area contributed by atoms with Gasteiger partial charge < -0.3 is 0 Å². The van der Waals surface area contributed by atoms with Gasteiger partial charge in [-0.1, -0.05) is 13.8 Å². The fraction of sp³-hybridized carbons (Fsp3) is 0.333. The van der Waals surface area contributed by atoms with Gasteiger partial charge in [0.25, 0.3) is 0 Å². The maximum atomic E-state index is 10.7. The number of rotatable bonds is 2. The van der Waals surface area contributed by atoms with E-state index in [4.69, 9.17) is 10.8 Å². The molecule has 0 atom stereocenters. The lowest BCUT2D eigenvalue weighted by atomic mass is 10.2. The van der Waals surface area contributed by atoms with Gasteiger partial charge in [-0.2, -0.15) is 0 Å². The van der Waals surface area contributed by atoms with Gasteiger partial charge >= 0.3 is 5.69 Å². The van der Waals surface area contributed by atoms with Crippen molar-refractivity contribution < 1.29 is 4.92 Å². The Labute approximate surface area is 100 Å². The third-order valence-corrected chi connectivity index (χ3v) is 2.45. The van der Waals surface area contributed by atoms with Crippen LogP contribution in [0.4, 0.5) is 5.69 Å². The number of nitrogens with zero attached hydrogens (tertiary/aromatic N) is 2. The Bertz CT molecular complexity index is 507. The molecule has 1 aromatic rings. The average Bonchev–Trinajstić information content (AvgIpc) is 2.19. The van der Waals surface area contributed by atoms with Crippen LogP contribution in [0.3, 0.4) is 0 Å². The summed E-state index contributed by atoms with van der Waals surface area (Å²) in [7, 11) is 0. The highest BCUT2D eigenvalue weighted by atomic mass is 79.9. The number of hydrogen-bond acceptors (Lipinski definition) is 4. The predicted octanol–water partition coefficient (Wildman–Crippen LogP) is 2.12. The van der Waals surface area contributed by atoms with Crippen LogP contribution in [0.2, 0.25) is 0 Å². The van der Waals surface area contributed by atoms with Crippen LogP contribution in [0, 0.1) is 26.9 Å². The molecule has 2 N–H and O–H groups in total. The van der Waals surface area contributed by atoms with Crippen LogP contribution in [0.15, 0.2) is 16.7 Å². The summed E-state index contributed by atoms with van der Waals surface area (Å²) >= 11 is 3.13. The van der Waals surface area contributed by atoms with Crippen molar-refractivity contribution in [2.24, 2.45) is 5.92 Å². The molecule has 0 bridgehead atoms. The summed E-state index contributed by atoms with van der Waals surface area (Å²) in [5.74, 6) is 0.0393. The van der Waals surface area contributed by atoms with E-state index in [1.165, 1.54) is 16.8 Å². The molecule has 0 aliphatic heterocycles. The molecule has 1 rings (SSSR count). The van der Waals surface area contributed by atoms with E-state index in [0.717, 1.165) is 0 Å². The normalized spacial score (nSPS) is 10.5. The standard InChI is InChI=1S/C9H11BrN4O2/c1-5(2)8(11)13-4-6(10)3-7(9(13)12)14(15)16/h3-5,11-12H,1-2H3. The Morgan fingerprint density at radius 3 is 2.62 bits per heavy atom. The van der Waals surface area contributed by atoms with E-state index in [1.54, 1.807) is 13.8 Å². The van der Waals surface area contributed by atoms with E-state index in [-0.39, 0.29) is 22.9 Å². The Hall–Kier alpha value is -1.50. The molecule has 0 fully saturated rings.